The van der Waals surface area contributed by atoms with Crippen molar-refractivity contribution in [2.24, 2.45) is 0 Å². The number of carbonyl (C=O) groups is 2. The molecule has 0 radical (unpaired) electrons. The molecular weight excluding hydrogens is 218 g/mol. The third-order valence-electron chi connectivity index (χ3n) is 2.60. The number of carbonyl (C=O) groups excluding carboxylic acids is 2. The number of amides is 1. The van der Waals surface area contributed by atoms with Crippen molar-refractivity contribution in [1.82, 2.24) is 5.32 Å². The second kappa shape index (κ2) is 4.90. The van der Waals surface area contributed by atoms with Gasteiger partial charge < -0.3 is 10.1 Å². The molecule has 1 saturated carbocycles. The van der Waals surface area contributed by atoms with E-state index in [0.29, 0.717) is 25.7 Å². The van der Waals surface area contributed by atoms with Gasteiger partial charge in [0.25, 0.3) is 0 Å². The molecule has 1 rings (SSSR count). The zero-order chi connectivity index (χ0) is 13.1. The first-order valence-electron chi connectivity index (χ1n) is 5.94. The van der Waals surface area contributed by atoms with Crippen molar-refractivity contribution in [2.75, 3.05) is 0 Å². The molecular formula is C13H21NO3. The molecule has 0 saturated heterocycles. The van der Waals surface area contributed by atoms with E-state index >= 15 is 0 Å². The van der Waals surface area contributed by atoms with Gasteiger partial charge in [0.1, 0.15) is 11.1 Å². The van der Waals surface area contributed by atoms with Crippen LogP contribution < -0.4 is 5.32 Å². The Hall–Kier alpha value is -1.32. The summed E-state index contributed by atoms with van der Waals surface area (Å²) in [7, 11) is 0. The summed E-state index contributed by atoms with van der Waals surface area (Å²) in [5, 5.41) is 2.69. The molecule has 0 aliphatic heterocycles. The molecule has 1 aliphatic carbocycles. The van der Waals surface area contributed by atoms with Gasteiger partial charge in [-0.05, 0) is 40.0 Å². The summed E-state index contributed by atoms with van der Waals surface area (Å²) in [6.45, 7) is 8.97. The van der Waals surface area contributed by atoms with E-state index in [0.717, 1.165) is 0 Å². The molecule has 0 heterocycles. The summed E-state index contributed by atoms with van der Waals surface area (Å²) in [6.07, 6.45) is 3.70. The van der Waals surface area contributed by atoms with Gasteiger partial charge in [-0.2, -0.15) is 0 Å². The molecule has 1 fully saturated rings. The number of ketones is 1. The van der Waals surface area contributed by atoms with Crippen molar-refractivity contribution in [2.45, 2.75) is 57.6 Å². The molecule has 0 spiro atoms. The molecule has 0 atom stereocenters. The maximum absolute atomic E-state index is 11.9. The maximum Gasteiger partial charge on any atom is 0.408 e. The number of alkyl carbamates (subject to hydrolysis) is 1. The highest BCUT2D eigenvalue weighted by Crippen LogP contribution is 2.37. The molecule has 17 heavy (non-hydrogen) atoms. The Morgan fingerprint density at radius 3 is 2.41 bits per heavy atom. The smallest absolute Gasteiger partial charge is 0.408 e. The van der Waals surface area contributed by atoms with Crippen LogP contribution in [0.15, 0.2) is 12.7 Å². The molecule has 0 bridgehead atoms. The van der Waals surface area contributed by atoms with E-state index in [2.05, 4.69) is 11.9 Å². The van der Waals surface area contributed by atoms with Crippen molar-refractivity contribution < 1.29 is 14.3 Å². The van der Waals surface area contributed by atoms with Crippen LogP contribution in [0, 0.1) is 0 Å². The molecule has 1 amide bonds. The fraction of sp³-hybridized carbons (Fsp3) is 0.692. The SMILES string of the molecule is C=CCCC(=O)C1(NC(=O)OC(C)(C)C)CC1. The Balaban J connectivity index is 2.47. The van der Waals surface area contributed by atoms with Crippen LogP contribution in [0.3, 0.4) is 0 Å². The monoisotopic (exact) mass is 239 g/mol. The minimum atomic E-state index is -0.661. The third-order valence-corrected chi connectivity index (χ3v) is 2.60. The Labute approximate surface area is 102 Å². The summed E-state index contributed by atoms with van der Waals surface area (Å²) >= 11 is 0. The lowest BCUT2D eigenvalue weighted by molar-refractivity contribution is -0.122. The highest BCUT2D eigenvalue weighted by atomic mass is 16.6. The zero-order valence-electron chi connectivity index (χ0n) is 10.8. The van der Waals surface area contributed by atoms with E-state index in [4.69, 9.17) is 4.74 Å². The topological polar surface area (TPSA) is 55.4 Å². The van der Waals surface area contributed by atoms with Gasteiger partial charge in [-0.1, -0.05) is 6.08 Å². The van der Waals surface area contributed by atoms with Crippen LogP contribution in [0.4, 0.5) is 4.79 Å². The molecule has 0 aromatic heterocycles. The van der Waals surface area contributed by atoms with E-state index in [1.807, 2.05) is 0 Å². The average Bonchev–Trinajstić information content (AvgIpc) is 2.91. The molecule has 4 nitrogen and oxygen atoms in total. The first kappa shape index (κ1) is 13.7. The summed E-state index contributed by atoms with van der Waals surface area (Å²) in [5.74, 6) is 0.0725. The van der Waals surface area contributed by atoms with E-state index in [1.54, 1.807) is 26.8 Å². The number of hydrogen-bond donors (Lipinski definition) is 1. The highest BCUT2D eigenvalue weighted by Gasteiger charge is 2.50. The van der Waals surface area contributed by atoms with Crippen molar-refractivity contribution in [3.05, 3.63) is 12.7 Å². The van der Waals surface area contributed by atoms with E-state index in [1.165, 1.54) is 0 Å². The van der Waals surface area contributed by atoms with Crippen LogP contribution in [0.1, 0.15) is 46.5 Å². The van der Waals surface area contributed by atoms with E-state index < -0.39 is 17.2 Å². The Morgan fingerprint density at radius 2 is 2.00 bits per heavy atom. The molecule has 0 aromatic carbocycles. The number of rotatable bonds is 5. The molecule has 96 valence electrons. The predicted octanol–water partition coefficient (Wildman–Crippen LogP) is 2.58. The summed E-state index contributed by atoms with van der Waals surface area (Å²) < 4.78 is 5.15. The van der Waals surface area contributed by atoms with Gasteiger partial charge in [0.05, 0.1) is 0 Å². The van der Waals surface area contributed by atoms with Crippen molar-refractivity contribution >= 4 is 11.9 Å². The second-order valence-corrected chi connectivity index (χ2v) is 5.46. The third kappa shape index (κ3) is 4.21. The highest BCUT2D eigenvalue weighted by molar-refractivity contribution is 5.94. The Kier molecular flexibility index (Phi) is 3.96. The lowest BCUT2D eigenvalue weighted by Crippen LogP contribution is -2.45. The fourth-order valence-electron chi connectivity index (χ4n) is 1.57. The lowest BCUT2D eigenvalue weighted by atomic mass is 10.1. The van der Waals surface area contributed by atoms with Gasteiger partial charge in [0, 0.05) is 6.42 Å². The minimum Gasteiger partial charge on any atom is -0.444 e. The first-order valence-corrected chi connectivity index (χ1v) is 5.94. The standard InChI is InChI=1S/C13H21NO3/c1-5-6-7-10(15)13(8-9-13)14-11(16)17-12(2,3)4/h5H,1,6-9H2,2-4H3,(H,14,16). The van der Waals surface area contributed by atoms with Gasteiger partial charge in [0.2, 0.25) is 0 Å². The van der Waals surface area contributed by atoms with Crippen molar-refractivity contribution in [3.63, 3.8) is 0 Å². The number of hydrogen-bond acceptors (Lipinski definition) is 3. The normalized spacial score (nSPS) is 17.1. The molecule has 1 N–H and O–H groups in total. The van der Waals surface area contributed by atoms with E-state index in [-0.39, 0.29) is 5.78 Å². The lowest BCUT2D eigenvalue weighted by Gasteiger charge is -2.22. The molecule has 1 aliphatic rings. The minimum absolute atomic E-state index is 0.0725. The quantitative estimate of drug-likeness (QED) is 0.750. The number of ether oxygens (including phenoxy) is 1. The van der Waals surface area contributed by atoms with Crippen LogP contribution in [0.5, 0.6) is 0 Å². The van der Waals surface area contributed by atoms with Crippen LogP contribution in [-0.2, 0) is 9.53 Å². The first-order chi connectivity index (χ1) is 7.79. The number of nitrogens with one attached hydrogen (secondary N) is 1. The zero-order valence-corrected chi connectivity index (χ0v) is 10.8. The van der Waals surface area contributed by atoms with Gasteiger partial charge in [-0.15, -0.1) is 6.58 Å². The maximum atomic E-state index is 11.9. The van der Waals surface area contributed by atoms with Gasteiger partial charge >= 0.3 is 6.09 Å². The van der Waals surface area contributed by atoms with Crippen LogP contribution in [0.2, 0.25) is 0 Å². The number of Topliss-reactive ketones (excluding diaryl/α,β-unsaturated/α-hetero) is 1. The molecule has 0 unspecified atom stereocenters. The average molecular weight is 239 g/mol. The Bertz CT molecular complexity index is 324. The number of allylic oxidation sites excluding steroid dienone is 1. The predicted molar refractivity (Wildman–Crippen MR) is 65.8 cm³/mol. The summed E-state index contributed by atoms with van der Waals surface area (Å²) in [6, 6.07) is 0. The van der Waals surface area contributed by atoms with Crippen molar-refractivity contribution in [3.8, 4) is 0 Å². The van der Waals surface area contributed by atoms with Crippen LogP contribution in [-0.4, -0.2) is 23.0 Å². The van der Waals surface area contributed by atoms with Crippen LogP contribution in [0.25, 0.3) is 0 Å². The largest absolute Gasteiger partial charge is 0.444 e. The van der Waals surface area contributed by atoms with Gasteiger partial charge in [-0.25, -0.2) is 4.79 Å². The fourth-order valence-corrected chi connectivity index (χ4v) is 1.57. The summed E-state index contributed by atoms with van der Waals surface area (Å²) in [4.78, 5) is 23.5. The van der Waals surface area contributed by atoms with Crippen molar-refractivity contribution in [1.29, 1.82) is 0 Å². The van der Waals surface area contributed by atoms with Crippen LogP contribution >= 0.6 is 0 Å². The molecule has 4 heteroatoms. The van der Waals surface area contributed by atoms with Gasteiger partial charge in [-0.3, -0.25) is 4.79 Å². The summed E-state index contributed by atoms with van der Waals surface area (Å²) in [5.41, 5.74) is -1.20. The molecule has 0 aromatic rings. The second-order valence-electron chi connectivity index (χ2n) is 5.46. The van der Waals surface area contributed by atoms with E-state index in [9.17, 15) is 9.59 Å². The van der Waals surface area contributed by atoms with Gasteiger partial charge in [0.15, 0.2) is 5.78 Å². The Morgan fingerprint density at radius 1 is 1.41 bits per heavy atom.